The molecule has 6 nitrogen and oxygen atoms in total. The van der Waals surface area contributed by atoms with Crippen LogP contribution in [0.15, 0.2) is 18.3 Å². The number of amides is 1. The Morgan fingerprint density at radius 2 is 2.08 bits per heavy atom. The third-order valence-corrected chi connectivity index (χ3v) is 5.39. The summed E-state index contributed by atoms with van der Waals surface area (Å²) >= 11 is 0. The molecule has 3 N–H and O–H groups in total. The zero-order valence-electron chi connectivity index (χ0n) is 14.4. The molecule has 0 aromatic carbocycles. The van der Waals surface area contributed by atoms with Crippen molar-refractivity contribution in [3.8, 4) is 0 Å². The summed E-state index contributed by atoms with van der Waals surface area (Å²) in [5, 5.41) is 9.98. The first kappa shape index (κ1) is 17.2. The predicted octanol–water partition coefficient (Wildman–Crippen LogP) is 1.38. The number of nitrogens with two attached hydrogens (primary N) is 1. The second kappa shape index (κ2) is 7.49. The summed E-state index contributed by atoms with van der Waals surface area (Å²) in [7, 11) is 2.04. The zero-order valence-corrected chi connectivity index (χ0v) is 14.4. The maximum absolute atomic E-state index is 13.0. The van der Waals surface area contributed by atoms with E-state index >= 15 is 0 Å². The zero-order chi connectivity index (χ0) is 17.1. The van der Waals surface area contributed by atoms with Gasteiger partial charge in [0.2, 0.25) is 0 Å². The van der Waals surface area contributed by atoms with E-state index in [0.29, 0.717) is 31.1 Å². The maximum Gasteiger partial charge on any atom is 0.257 e. The van der Waals surface area contributed by atoms with Crippen LogP contribution in [0.4, 0.5) is 5.82 Å². The Morgan fingerprint density at radius 1 is 1.33 bits per heavy atom. The van der Waals surface area contributed by atoms with Crippen LogP contribution in [0.2, 0.25) is 0 Å². The minimum absolute atomic E-state index is 0.0632. The quantitative estimate of drug-likeness (QED) is 0.874. The molecule has 2 atom stereocenters. The van der Waals surface area contributed by atoms with Crippen molar-refractivity contribution >= 4 is 11.7 Å². The van der Waals surface area contributed by atoms with Crippen molar-refractivity contribution in [2.24, 2.45) is 5.73 Å². The van der Waals surface area contributed by atoms with E-state index in [1.807, 2.05) is 13.1 Å². The van der Waals surface area contributed by atoms with E-state index in [1.165, 1.54) is 19.3 Å². The fourth-order valence-electron chi connectivity index (χ4n) is 3.79. The van der Waals surface area contributed by atoms with E-state index < -0.39 is 6.10 Å². The van der Waals surface area contributed by atoms with E-state index in [4.69, 9.17) is 5.73 Å². The van der Waals surface area contributed by atoms with Crippen LogP contribution in [-0.2, 0) is 0 Å². The van der Waals surface area contributed by atoms with Crippen molar-refractivity contribution in [2.75, 3.05) is 25.0 Å². The number of likely N-dealkylation sites (tertiary alicyclic amines) is 1. The molecule has 0 spiro atoms. The smallest absolute Gasteiger partial charge is 0.257 e. The Kier molecular flexibility index (Phi) is 5.36. The van der Waals surface area contributed by atoms with Crippen molar-refractivity contribution in [1.82, 2.24) is 9.88 Å². The first-order valence-electron chi connectivity index (χ1n) is 8.98. The van der Waals surface area contributed by atoms with Crippen LogP contribution in [-0.4, -0.2) is 59.2 Å². The Morgan fingerprint density at radius 3 is 2.79 bits per heavy atom. The number of anilines is 1. The molecule has 0 bridgehead atoms. The highest BCUT2D eigenvalue weighted by Crippen LogP contribution is 2.28. The number of aliphatic hydroxyl groups is 1. The van der Waals surface area contributed by atoms with Crippen LogP contribution in [0.1, 0.15) is 48.9 Å². The average Bonchev–Trinajstić information content (AvgIpc) is 2.63. The van der Waals surface area contributed by atoms with Gasteiger partial charge in [-0.3, -0.25) is 4.79 Å². The summed E-state index contributed by atoms with van der Waals surface area (Å²) in [5.74, 6) is 0.686. The summed E-state index contributed by atoms with van der Waals surface area (Å²) < 4.78 is 0. The lowest BCUT2D eigenvalue weighted by molar-refractivity contribution is 0.0395. The summed E-state index contributed by atoms with van der Waals surface area (Å²) in [4.78, 5) is 21.3. The summed E-state index contributed by atoms with van der Waals surface area (Å²) in [6, 6.07) is 3.84. The van der Waals surface area contributed by atoms with Crippen LogP contribution in [0.3, 0.4) is 0 Å². The lowest BCUT2D eigenvalue weighted by Crippen LogP contribution is -2.52. The molecule has 2 aliphatic rings. The van der Waals surface area contributed by atoms with Crippen molar-refractivity contribution in [1.29, 1.82) is 0 Å². The van der Waals surface area contributed by atoms with E-state index in [2.05, 4.69) is 9.88 Å². The highest BCUT2D eigenvalue weighted by molar-refractivity contribution is 5.99. The van der Waals surface area contributed by atoms with Crippen LogP contribution in [0, 0.1) is 0 Å². The van der Waals surface area contributed by atoms with Crippen LogP contribution in [0.5, 0.6) is 0 Å². The number of aliphatic hydroxyl groups excluding tert-OH is 1. The molecule has 24 heavy (non-hydrogen) atoms. The molecular formula is C18H28N4O2. The van der Waals surface area contributed by atoms with Crippen LogP contribution < -0.4 is 10.6 Å². The van der Waals surface area contributed by atoms with Gasteiger partial charge in [0.05, 0.1) is 11.7 Å². The van der Waals surface area contributed by atoms with Gasteiger partial charge in [-0.05, 0) is 31.4 Å². The molecule has 2 fully saturated rings. The molecule has 0 unspecified atom stereocenters. The molecule has 6 heteroatoms. The van der Waals surface area contributed by atoms with Gasteiger partial charge >= 0.3 is 0 Å². The first-order valence-corrected chi connectivity index (χ1v) is 8.98. The second-order valence-corrected chi connectivity index (χ2v) is 7.05. The lowest BCUT2D eigenvalue weighted by atomic mass is 9.94. The number of rotatable bonds is 3. The Labute approximate surface area is 143 Å². The topological polar surface area (TPSA) is 82.7 Å². The fraction of sp³-hybridized carbons (Fsp3) is 0.667. The van der Waals surface area contributed by atoms with Gasteiger partial charge in [-0.15, -0.1) is 0 Å². The third kappa shape index (κ3) is 3.54. The van der Waals surface area contributed by atoms with Crippen molar-refractivity contribution in [2.45, 2.75) is 56.7 Å². The van der Waals surface area contributed by atoms with E-state index in [9.17, 15) is 9.90 Å². The van der Waals surface area contributed by atoms with Gasteiger partial charge in [0.15, 0.2) is 0 Å². The lowest BCUT2D eigenvalue weighted by Gasteiger charge is -2.36. The van der Waals surface area contributed by atoms with Crippen LogP contribution >= 0.6 is 0 Å². The van der Waals surface area contributed by atoms with E-state index in [-0.39, 0.29) is 11.9 Å². The summed E-state index contributed by atoms with van der Waals surface area (Å²) in [6.07, 6.45) is 7.79. The molecule has 1 aromatic heterocycles. The van der Waals surface area contributed by atoms with Gasteiger partial charge in [0, 0.05) is 38.4 Å². The van der Waals surface area contributed by atoms with Gasteiger partial charge in [-0.2, -0.15) is 0 Å². The molecule has 1 amide bonds. The molecule has 1 aromatic rings. The molecule has 1 aliphatic carbocycles. The standard InChI is InChI=1S/C18H28N4O2/c1-21(13-6-3-2-4-7-13)17-14(8-5-10-20-17)18(24)22-11-9-15(19)16(23)12-22/h5,8,10,13,15-16,23H,2-4,6-7,9,11-12,19H2,1H3/t15-,16-/m1/s1. The minimum atomic E-state index is -0.654. The van der Waals surface area contributed by atoms with Crippen molar-refractivity contribution in [3.05, 3.63) is 23.9 Å². The highest BCUT2D eigenvalue weighted by atomic mass is 16.3. The number of piperidine rings is 1. The molecular weight excluding hydrogens is 304 g/mol. The first-order chi connectivity index (χ1) is 11.6. The van der Waals surface area contributed by atoms with Gasteiger partial charge < -0.3 is 20.6 Å². The maximum atomic E-state index is 13.0. The Balaban J connectivity index is 1.79. The number of carbonyl (C=O) groups excluding carboxylic acids is 1. The van der Waals surface area contributed by atoms with Crippen LogP contribution in [0.25, 0.3) is 0 Å². The van der Waals surface area contributed by atoms with Crippen molar-refractivity contribution in [3.63, 3.8) is 0 Å². The molecule has 1 aliphatic heterocycles. The van der Waals surface area contributed by atoms with Gasteiger partial charge in [0.25, 0.3) is 5.91 Å². The number of carbonyl (C=O) groups is 1. The molecule has 3 rings (SSSR count). The monoisotopic (exact) mass is 332 g/mol. The van der Waals surface area contributed by atoms with Gasteiger partial charge in [-0.25, -0.2) is 4.98 Å². The molecule has 1 saturated carbocycles. The number of aromatic nitrogens is 1. The fourth-order valence-corrected chi connectivity index (χ4v) is 3.79. The third-order valence-electron chi connectivity index (χ3n) is 5.39. The number of nitrogens with zero attached hydrogens (tertiary/aromatic N) is 3. The molecule has 0 radical (unpaired) electrons. The molecule has 132 valence electrons. The largest absolute Gasteiger partial charge is 0.390 e. The SMILES string of the molecule is CN(c1ncccc1C(=O)N1CC[C@@H](N)[C@H](O)C1)C1CCCCC1. The number of β-amino-alcohol motifs (C(OH)–C–C–N with tert-alkyl or cyclic N) is 1. The molecule has 1 saturated heterocycles. The van der Waals surface area contributed by atoms with Crippen molar-refractivity contribution < 1.29 is 9.90 Å². The summed E-state index contributed by atoms with van der Waals surface area (Å²) in [5.41, 5.74) is 6.47. The number of hydrogen-bond acceptors (Lipinski definition) is 5. The Bertz CT molecular complexity index is 574. The van der Waals surface area contributed by atoms with Gasteiger partial charge in [0.1, 0.15) is 5.82 Å². The highest BCUT2D eigenvalue weighted by Gasteiger charge is 2.31. The van der Waals surface area contributed by atoms with E-state index in [1.54, 1.807) is 17.2 Å². The van der Waals surface area contributed by atoms with E-state index in [0.717, 1.165) is 18.7 Å². The van der Waals surface area contributed by atoms with Gasteiger partial charge in [-0.1, -0.05) is 19.3 Å². The minimum Gasteiger partial charge on any atom is -0.390 e. The second-order valence-electron chi connectivity index (χ2n) is 7.05. The summed E-state index contributed by atoms with van der Waals surface area (Å²) in [6.45, 7) is 0.875. The molecule has 2 heterocycles. The number of hydrogen-bond donors (Lipinski definition) is 2. The average molecular weight is 332 g/mol. The Hall–Kier alpha value is -1.66. The normalized spacial score (nSPS) is 25.5. The predicted molar refractivity (Wildman–Crippen MR) is 94.0 cm³/mol. The number of pyridine rings is 1.